The van der Waals surface area contributed by atoms with Gasteiger partial charge in [0.2, 0.25) is 0 Å². The third-order valence-electron chi connectivity index (χ3n) is 3.12. The summed E-state index contributed by atoms with van der Waals surface area (Å²) in [6.07, 6.45) is 1.99. The molecule has 0 aliphatic carbocycles. The van der Waals surface area contributed by atoms with Crippen LogP contribution in [-0.4, -0.2) is 8.42 Å². The number of benzene rings is 2. The number of anilines is 1. The van der Waals surface area contributed by atoms with E-state index in [-0.39, 0.29) is 15.5 Å². The first-order valence-electron chi connectivity index (χ1n) is 6.77. The summed E-state index contributed by atoms with van der Waals surface area (Å²) in [5, 5.41) is 8.93. The van der Waals surface area contributed by atoms with Gasteiger partial charge in [0.1, 0.15) is 6.07 Å². The van der Waals surface area contributed by atoms with E-state index in [0.717, 1.165) is 18.4 Å². The van der Waals surface area contributed by atoms with Crippen LogP contribution in [0.5, 0.6) is 0 Å². The highest BCUT2D eigenvalue weighted by Crippen LogP contribution is 2.22. The summed E-state index contributed by atoms with van der Waals surface area (Å²) >= 11 is 5.88. The van der Waals surface area contributed by atoms with Gasteiger partial charge in [-0.15, -0.1) is 0 Å². The minimum Gasteiger partial charge on any atom is -0.280 e. The van der Waals surface area contributed by atoms with Gasteiger partial charge in [0.15, 0.2) is 0 Å². The van der Waals surface area contributed by atoms with Crippen LogP contribution in [0, 0.1) is 11.3 Å². The molecule has 0 aromatic heterocycles. The summed E-state index contributed by atoms with van der Waals surface area (Å²) in [6, 6.07) is 13.2. The molecule has 0 unspecified atom stereocenters. The van der Waals surface area contributed by atoms with E-state index in [4.69, 9.17) is 16.9 Å². The Morgan fingerprint density at radius 3 is 2.41 bits per heavy atom. The molecule has 22 heavy (non-hydrogen) atoms. The van der Waals surface area contributed by atoms with Crippen molar-refractivity contribution in [3.63, 3.8) is 0 Å². The van der Waals surface area contributed by atoms with Gasteiger partial charge in [-0.3, -0.25) is 4.72 Å². The van der Waals surface area contributed by atoms with Crippen molar-refractivity contribution in [2.24, 2.45) is 0 Å². The number of hydrogen-bond donors (Lipinski definition) is 1. The number of hydrogen-bond acceptors (Lipinski definition) is 3. The lowest BCUT2D eigenvalue weighted by atomic mass is 10.1. The molecule has 114 valence electrons. The zero-order chi connectivity index (χ0) is 16.2. The molecule has 1 N–H and O–H groups in total. The monoisotopic (exact) mass is 334 g/mol. The summed E-state index contributed by atoms with van der Waals surface area (Å²) in [6.45, 7) is 2.09. The number of nitriles is 1. The van der Waals surface area contributed by atoms with Crippen molar-refractivity contribution in [3.05, 3.63) is 58.6 Å². The van der Waals surface area contributed by atoms with E-state index in [1.807, 2.05) is 18.2 Å². The summed E-state index contributed by atoms with van der Waals surface area (Å²) in [7, 11) is -3.73. The molecule has 2 aromatic rings. The van der Waals surface area contributed by atoms with Crippen molar-refractivity contribution in [1.82, 2.24) is 0 Å². The lowest BCUT2D eigenvalue weighted by Crippen LogP contribution is -2.13. The Labute approximate surface area is 135 Å². The van der Waals surface area contributed by atoms with E-state index >= 15 is 0 Å². The van der Waals surface area contributed by atoms with Crippen molar-refractivity contribution >= 4 is 27.3 Å². The molecule has 2 rings (SSSR count). The van der Waals surface area contributed by atoms with Crippen molar-refractivity contribution < 1.29 is 8.42 Å². The second kappa shape index (κ2) is 6.82. The van der Waals surface area contributed by atoms with Crippen LogP contribution in [-0.2, 0) is 16.4 Å². The lowest BCUT2D eigenvalue weighted by molar-refractivity contribution is 0.601. The van der Waals surface area contributed by atoms with Crippen molar-refractivity contribution in [2.45, 2.75) is 24.7 Å². The topological polar surface area (TPSA) is 70.0 Å². The fourth-order valence-electron chi connectivity index (χ4n) is 2.00. The van der Waals surface area contributed by atoms with Crippen molar-refractivity contribution in [2.75, 3.05) is 4.72 Å². The van der Waals surface area contributed by atoms with Crippen molar-refractivity contribution in [1.29, 1.82) is 5.26 Å². The van der Waals surface area contributed by atoms with Crippen LogP contribution in [0.1, 0.15) is 24.5 Å². The van der Waals surface area contributed by atoms with Crippen LogP contribution < -0.4 is 4.72 Å². The number of rotatable bonds is 5. The Hall–Kier alpha value is -2.03. The summed E-state index contributed by atoms with van der Waals surface area (Å²) in [5.41, 5.74) is 1.89. The maximum atomic E-state index is 12.3. The molecule has 0 saturated carbocycles. The van der Waals surface area contributed by atoms with E-state index in [0.29, 0.717) is 5.69 Å². The molecule has 0 fully saturated rings. The second-order valence-electron chi connectivity index (χ2n) is 4.81. The molecule has 0 atom stereocenters. The van der Waals surface area contributed by atoms with Gasteiger partial charge in [0.05, 0.1) is 15.5 Å². The SMILES string of the molecule is CCCc1ccc(NS(=O)(=O)c2ccc(C#N)c(Cl)c2)cc1. The summed E-state index contributed by atoms with van der Waals surface area (Å²) < 4.78 is 27.1. The van der Waals surface area contributed by atoms with Crippen LogP contribution in [0.2, 0.25) is 5.02 Å². The van der Waals surface area contributed by atoms with Gasteiger partial charge in [-0.05, 0) is 42.3 Å². The highest BCUT2D eigenvalue weighted by molar-refractivity contribution is 7.92. The van der Waals surface area contributed by atoms with Gasteiger partial charge in [-0.2, -0.15) is 5.26 Å². The number of aryl methyl sites for hydroxylation is 1. The molecule has 6 heteroatoms. The Kier molecular flexibility index (Phi) is 5.07. The van der Waals surface area contributed by atoms with Crippen LogP contribution in [0.25, 0.3) is 0 Å². The molecule has 0 radical (unpaired) electrons. The minimum absolute atomic E-state index is 0.0223. The van der Waals surface area contributed by atoms with E-state index in [9.17, 15) is 8.42 Å². The average molecular weight is 335 g/mol. The quantitative estimate of drug-likeness (QED) is 0.899. The Balaban J connectivity index is 2.24. The lowest BCUT2D eigenvalue weighted by Gasteiger charge is -2.09. The smallest absolute Gasteiger partial charge is 0.261 e. The normalized spacial score (nSPS) is 11.0. The van der Waals surface area contributed by atoms with E-state index < -0.39 is 10.0 Å². The molecule has 4 nitrogen and oxygen atoms in total. The average Bonchev–Trinajstić information content (AvgIpc) is 2.49. The zero-order valence-corrected chi connectivity index (χ0v) is 13.6. The van der Waals surface area contributed by atoms with Crippen LogP contribution in [0.15, 0.2) is 47.4 Å². The molecular formula is C16H15ClN2O2S. The standard InChI is InChI=1S/C16H15ClN2O2S/c1-2-3-12-4-7-14(8-5-12)19-22(20,21)15-9-6-13(11-18)16(17)10-15/h4-10,19H,2-3H2,1H3. The van der Waals surface area contributed by atoms with Crippen LogP contribution >= 0.6 is 11.6 Å². The fraction of sp³-hybridized carbons (Fsp3) is 0.188. The first-order valence-corrected chi connectivity index (χ1v) is 8.64. The molecule has 0 heterocycles. The summed E-state index contributed by atoms with van der Waals surface area (Å²) in [4.78, 5) is 0.0223. The Bertz CT molecular complexity index is 809. The molecule has 2 aromatic carbocycles. The first kappa shape index (κ1) is 16.3. The van der Waals surface area contributed by atoms with Crippen LogP contribution in [0.3, 0.4) is 0 Å². The van der Waals surface area contributed by atoms with Crippen LogP contribution in [0.4, 0.5) is 5.69 Å². The first-order chi connectivity index (χ1) is 10.5. The molecule has 0 spiro atoms. The fourth-order valence-corrected chi connectivity index (χ4v) is 3.37. The highest BCUT2D eigenvalue weighted by Gasteiger charge is 2.16. The second-order valence-corrected chi connectivity index (χ2v) is 6.90. The third-order valence-corrected chi connectivity index (χ3v) is 4.81. The maximum Gasteiger partial charge on any atom is 0.261 e. The number of sulfonamides is 1. The number of nitrogens with one attached hydrogen (secondary N) is 1. The highest BCUT2D eigenvalue weighted by atomic mass is 35.5. The molecule has 0 saturated heterocycles. The van der Waals surface area contributed by atoms with Gasteiger partial charge in [-0.25, -0.2) is 8.42 Å². The minimum atomic E-state index is -3.73. The molecule has 0 aliphatic heterocycles. The predicted molar refractivity (Wildman–Crippen MR) is 87.4 cm³/mol. The molecular weight excluding hydrogens is 320 g/mol. The van der Waals surface area contributed by atoms with Gasteiger partial charge in [-0.1, -0.05) is 37.1 Å². The third kappa shape index (κ3) is 3.79. The Morgan fingerprint density at radius 2 is 1.86 bits per heavy atom. The Morgan fingerprint density at radius 1 is 1.18 bits per heavy atom. The van der Waals surface area contributed by atoms with E-state index in [2.05, 4.69) is 11.6 Å². The molecule has 0 bridgehead atoms. The predicted octanol–water partition coefficient (Wildman–Crippen LogP) is 3.96. The van der Waals surface area contributed by atoms with Gasteiger partial charge < -0.3 is 0 Å². The molecule has 0 aliphatic rings. The summed E-state index contributed by atoms with van der Waals surface area (Å²) in [5.74, 6) is 0. The van der Waals surface area contributed by atoms with Gasteiger partial charge in [0.25, 0.3) is 10.0 Å². The number of nitrogens with zero attached hydrogens (tertiary/aromatic N) is 1. The van der Waals surface area contributed by atoms with Gasteiger partial charge in [0, 0.05) is 5.69 Å². The van der Waals surface area contributed by atoms with Gasteiger partial charge >= 0.3 is 0 Å². The largest absolute Gasteiger partial charge is 0.280 e. The number of halogens is 1. The van der Waals surface area contributed by atoms with E-state index in [1.165, 1.54) is 18.2 Å². The van der Waals surface area contributed by atoms with Crippen molar-refractivity contribution in [3.8, 4) is 6.07 Å². The molecule has 0 amide bonds. The maximum absolute atomic E-state index is 12.3. The van der Waals surface area contributed by atoms with E-state index in [1.54, 1.807) is 12.1 Å². The zero-order valence-electron chi connectivity index (χ0n) is 12.0.